The van der Waals surface area contributed by atoms with Gasteiger partial charge in [0.15, 0.2) is 6.10 Å². The maximum Gasteiger partial charge on any atom is 0.415 e. The normalized spacial score (nSPS) is 17.6. The first-order chi connectivity index (χ1) is 13.8. The molecule has 156 valence electrons. The number of carbonyl (C=O) groups is 1. The van der Waals surface area contributed by atoms with Crippen LogP contribution in [0.25, 0.3) is 0 Å². The molecule has 8 heteroatoms. The standard InChI is InChI=1S/C21H23F3N2O3/c1-29-16-8-7-14-9-10-26(19(28)13-25-12-18(27)21(22,23)24)20(17(14)11-16)15-5-3-2-4-6-15/h2-8,11,18,20,25,27H,9-10,12-13H2,1H3. The van der Waals surface area contributed by atoms with Crippen LogP contribution in [0.5, 0.6) is 5.75 Å². The minimum absolute atomic E-state index is 0.296. The molecule has 0 bridgehead atoms. The summed E-state index contributed by atoms with van der Waals surface area (Å²) >= 11 is 0. The molecule has 1 heterocycles. The van der Waals surface area contributed by atoms with Gasteiger partial charge in [0.1, 0.15) is 5.75 Å². The number of rotatable bonds is 6. The molecule has 2 N–H and O–H groups in total. The largest absolute Gasteiger partial charge is 0.497 e. The summed E-state index contributed by atoms with van der Waals surface area (Å²) in [7, 11) is 1.57. The van der Waals surface area contributed by atoms with Crippen LogP contribution in [0.3, 0.4) is 0 Å². The molecule has 29 heavy (non-hydrogen) atoms. The number of amides is 1. The molecule has 2 aromatic carbocycles. The van der Waals surface area contributed by atoms with Crippen molar-refractivity contribution in [1.29, 1.82) is 0 Å². The van der Waals surface area contributed by atoms with Crippen molar-refractivity contribution in [3.05, 3.63) is 65.2 Å². The van der Waals surface area contributed by atoms with E-state index >= 15 is 0 Å². The lowest BCUT2D eigenvalue weighted by Crippen LogP contribution is -2.47. The van der Waals surface area contributed by atoms with E-state index in [-0.39, 0.29) is 18.5 Å². The molecule has 2 atom stereocenters. The molecule has 0 radical (unpaired) electrons. The Labute approximate surface area is 167 Å². The number of ether oxygens (including phenoxy) is 1. The maximum atomic E-state index is 12.8. The van der Waals surface area contributed by atoms with Crippen LogP contribution in [0.1, 0.15) is 22.7 Å². The summed E-state index contributed by atoms with van der Waals surface area (Å²) in [5.41, 5.74) is 2.94. The summed E-state index contributed by atoms with van der Waals surface area (Å²) in [5.74, 6) is 0.340. The number of nitrogens with one attached hydrogen (secondary N) is 1. The van der Waals surface area contributed by atoms with E-state index in [0.717, 1.165) is 16.7 Å². The molecule has 0 spiro atoms. The van der Waals surface area contributed by atoms with Crippen molar-refractivity contribution in [2.45, 2.75) is 24.7 Å². The number of methoxy groups -OCH3 is 1. The smallest absolute Gasteiger partial charge is 0.415 e. The van der Waals surface area contributed by atoms with Crippen molar-refractivity contribution in [2.24, 2.45) is 0 Å². The monoisotopic (exact) mass is 408 g/mol. The Hall–Kier alpha value is -2.58. The average molecular weight is 408 g/mol. The minimum atomic E-state index is -4.72. The minimum Gasteiger partial charge on any atom is -0.497 e. The molecule has 1 aliphatic rings. The first-order valence-electron chi connectivity index (χ1n) is 9.28. The SMILES string of the molecule is COc1ccc2c(c1)C(c1ccccc1)N(C(=O)CNCC(O)C(F)(F)F)CC2. The van der Waals surface area contributed by atoms with Crippen LogP contribution >= 0.6 is 0 Å². The summed E-state index contributed by atoms with van der Waals surface area (Å²) in [6, 6.07) is 14.9. The highest BCUT2D eigenvalue weighted by Gasteiger charge is 2.38. The molecule has 0 fully saturated rings. The van der Waals surface area contributed by atoms with Gasteiger partial charge >= 0.3 is 6.18 Å². The number of aliphatic hydroxyl groups excluding tert-OH is 1. The molecule has 0 aromatic heterocycles. The Morgan fingerprint density at radius 3 is 2.66 bits per heavy atom. The topological polar surface area (TPSA) is 61.8 Å². The molecule has 1 amide bonds. The molecule has 0 aliphatic carbocycles. The van der Waals surface area contributed by atoms with Crippen LogP contribution in [-0.4, -0.2) is 54.9 Å². The average Bonchev–Trinajstić information content (AvgIpc) is 2.72. The third kappa shape index (κ3) is 4.89. The van der Waals surface area contributed by atoms with Gasteiger partial charge in [-0.05, 0) is 35.2 Å². The van der Waals surface area contributed by atoms with Crippen molar-refractivity contribution in [3.63, 3.8) is 0 Å². The molecule has 5 nitrogen and oxygen atoms in total. The second kappa shape index (κ2) is 8.84. The number of aliphatic hydroxyl groups is 1. The van der Waals surface area contributed by atoms with Gasteiger partial charge < -0.3 is 20.1 Å². The molecule has 0 saturated heterocycles. The highest BCUT2D eigenvalue weighted by molar-refractivity contribution is 5.80. The number of carbonyl (C=O) groups excluding carboxylic acids is 1. The third-order valence-corrected chi connectivity index (χ3v) is 5.01. The molecule has 2 unspecified atom stereocenters. The number of hydrogen-bond donors (Lipinski definition) is 2. The molecule has 1 aliphatic heterocycles. The Bertz CT molecular complexity index is 843. The van der Waals surface area contributed by atoms with Gasteiger partial charge in [0.05, 0.1) is 19.7 Å². The van der Waals surface area contributed by atoms with Crippen molar-refractivity contribution < 1.29 is 27.8 Å². The second-order valence-electron chi connectivity index (χ2n) is 6.90. The van der Waals surface area contributed by atoms with E-state index < -0.39 is 18.8 Å². The fourth-order valence-electron chi connectivity index (χ4n) is 3.52. The quantitative estimate of drug-likeness (QED) is 0.772. The number of halogens is 3. The van der Waals surface area contributed by atoms with Gasteiger partial charge in [-0.15, -0.1) is 0 Å². The Balaban J connectivity index is 1.82. The molecular weight excluding hydrogens is 385 g/mol. The third-order valence-electron chi connectivity index (χ3n) is 5.01. The van der Waals surface area contributed by atoms with E-state index in [9.17, 15) is 18.0 Å². The van der Waals surface area contributed by atoms with Gasteiger partial charge in [0, 0.05) is 13.1 Å². The number of hydrogen-bond acceptors (Lipinski definition) is 4. The highest BCUT2D eigenvalue weighted by atomic mass is 19.4. The predicted octanol–water partition coefficient (Wildman–Crippen LogP) is 2.68. The zero-order valence-corrected chi connectivity index (χ0v) is 15.9. The van der Waals surface area contributed by atoms with Crippen molar-refractivity contribution >= 4 is 5.91 Å². The zero-order chi connectivity index (χ0) is 21.0. The van der Waals surface area contributed by atoms with Gasteiger partial charge in [-0.2, -0.15) is 13.2 Å². The molecule has 2 aromatic rings. The predicted molar refractivity (Wildman–Crippen MR) is 102 cm³/mol. The van der Waals surface area contributed by atoms with Gasteiger partial charge in [0.25, 0.3) is 0 Å². The number of alkyl halides is 3. The lowest BCUT2D eigenvalue weighted by Gasteiger charge is -2.38. The molecule has 3 rings (SSSR count). The fourth-order valence-corrected chi connectivity index (χ4v) is 3.52. The fraction of sp³-hybridized carbons (Fsp3) is 0.381. The van der Waals surface area contributed by atoms with E-state index in [0.29, 0.717) is 18.7 Å². The highest BCUT2D eigenvalue weighted by Crippen LogP contribution is 2.37. The Morgan fingerprint density at radius 1 is 1.28 bits per heavy atom. The zero-order valence-electron chi connectivity index (χ0n) is 15.9. The van der Waals surface area contributed by atoms with Gasteiger partial charge in [-0.1, -0.05) is 36.4 Å². The van der Waals surface area contributed by atoms with Crippen LogP contribution < -0.4 is 10.1 Å². The van der Waals surface area contributed by atoms with Crippen molar-refractivity contribution in [1.82, 2.24) is 10.2 Å². The summed E-state index contributed by atoms with van der Waals surface area (Å²) in [6.07, 6.45) is -6.59. The number of fused-ring (bicyclic) bond motifs is 1. The van der Waals surface area contributed by atoms with Crippen LogP contribution in [0.2, 0.25) is 0 Å². The van der Waals surface area contributed by atoms with Crippen LogP contribution in [0, 0.1) is 0 Å². The Morgan fingerprint density at radius 2 is 2.00 bits per heavy atom. The van der Waals surface area contributed by atoms with Crippen LogP contribution in [-0.2, 0) is 11.2 Å². The van der Waals surface area contributed by atoms with E-state index in [4.69, 9.17) is 9.84 Å². The second-order valence-corrected chi connectivity index (χ2v) is 6.90. The van der Waals surface area contributed by atoms with Gasteiger partial charge in [-0.25, -0.2) is 0 Å². The van der Waals surface area contributed by atoms with Gasteiger partial charge in [0.2, 0.25) is 5.91 Å². The first kappa shape index (κ1) is 21.1. The summed E-state index contributed by atoms with van der Waals surface area (Å²) in [6.45, 7) is -0.583. The Kier molecular flexibility index (Phi) is 6.44. The first-order valence-corrected chi connectivity index (χ1v) is 9.28. The molecule has 0 saturated carbocycles. The van der Waals surface area contributed by atoms with E-state index in [1.54, 1.807) is 12.0 Å². The lowest BCUT2D eigenvalue weighted by atomic mass is 9.88. The summed E-state index contributed by atoms with van der Waals surface area (Å²) < 4.78 is 42.7. The van der Waals surface area contributed by atoms with E-state index in [2.05, 4.69) is 5.32 Å². The van der Waals surface area contributed by atoms with Crippen LogP contribution in [0.4, 0.5) is 13.2 Å². The van der Waals surface area contributed by atoms with Crippen molar-refractivity contribution in [2.75, 3.05) is 26.7 Å². The van der Waals surface area contributed by atoms with Crippen molar-refractivity contribution in [3.8, 4) is 5.75 Å². The number of nitrogens with zero attached hydrogens (tertiary/aromatic N) is 1. The lowest BCUT2D eigenvalue weighted by molar-refractivity contribution is -0.201. The molecular formula is C21H23F3N2O3. The van der Waals surface area contributed by atoms with Crippen LogP contribution in [0.15, 0.2) is 48.5 Å². The summed E-state index contributed by atoms with van der Waals surface area (Å²) in [4.78, 5) is 14.5. The maximum absolute atomic E-state index is 12.8. The number of benzene rings is 2. The van der Waals surface area contributed by atoms with E-state index in [1.165, 1.54) is 0 Å². The van der Waals surface area contributed by atoms with E-state index in [1.807, 2.05) is 48.5 Å². The van der Waals surface area contributed by atoms with Gasteiger partial charge in [-0.3, -0.25) is 4.79 Å². The summed E-state index contributed by atoms with van der Waals surface area (Å²) in [5, 5.41) is 11.5.